The average Bonchev–Trinajstić information content (AvgIpc) is 3.16. The second kappa shape index (κ2) is 8.20. The molecule has 0 aliphatic carbocycles. The van der Waals surface area contributed by atoms with Gasteiger partial charge in [0.05, 0.1) is 16.2 Å². The molecule has 1 aromatic heterocycles. The Labute approximate surface area is 163 Å². The SMILES string of the molecule is N#Cc1cc([N+](=O)[O-])ccc1NC(=O)c1ccn(COc2cccc(Cl)c2)n1. The maximum absolute atomic E-state index is 12.3. The topological polar surface area (TPSA) is 123 Å². The molecule has 0 aliphatic heterocycles. The number of benzene rings is 2. The number of nitrogens with zero attached hydrogens (tertiary/aromatic N) is 4. The van der Waals surface area contributed by atoms with Crippen molar-refractivity contribution in [2.75, 3.05) is 5.32 Å². The third-order valence-corrected chi connectivity index (χ3v) is 3.85. The standard InChI is InChI=1S/C18H12ClN5O4/c19-13-2-1-3-15(9-13)28-11-23-7-6-17(22-23)18(25)21-16-5-4-14(24(26)27)8-12(16)10-20/h1-9H,11H2,(H,21,25). The highest BCUT2D eigenvalue weighted by molar-refractivity contribution is 6.30. The van der Waals surface area contributed by atoms with Crippen LogP contribution in [0.25, 0.3) is 0 Å². The van der Waals surface area contributed by atoms with E-state index in [2.05, 4.69) is 10.4 Å². The second-order valence-corrected chi connectivity index (χ2v) is 5.96. The van der Waals surface area contributed by atoms with Gasteiger partial charge in [0.2, 0.25) is 0 Å². The fraction of sp³-hybridized carbons (Fsp3) is 0.0556. The van der Waals surface area contributed by atoms with Crippen LogP contribution in [-0.2, 0) is 6.73 Å². The van der Waals surface area contributed by atoms with Crippen molar-refractivity contribution < 1.29 is 14.5 Å². The Kier molecular flexibility index (Phi) is 5.53. The largest absolute Gasteiger partial charge is 0.471 e. The van der Waals surface area contributed by atoms with Crippen molar-refractivity contribution in [3.63, 3.8) is 0 Å². The van der Waals surface area contributed by atoms with E-state index in [1.807, 2.05) is 6.07 Å². The van der Waals surface area contributed by atoms with Crippen molar-refractivity contribution in [3.05, 3.63) is 81.1 Å². The van der Waals surface area contributed by atoms with Gasteiger partial charge >= 0.3 is 0 Å². The summed E-state index contributed by atoms with van der Waals surface area (Å²) in [6, 6.07) is 13.7. The van der Waals surface area contributed by atoms with Crippen LogP contribution in [0.5, 0.6) is 5.75 Å². The van der Waals surface area contributed by atoms with Crippen LogP contribution in [0.3, 0.4) is 0 Å². The van der Waals surface area contributed by atoms with Crippen LogP contribution in [0.15, 0.2) is 54.7 Å². The number of aromatic nitrogens is 2. The molecular formula is C18H12ClN5O4. The Morgan fingerprint density at radius 3 is 2.86 bits per heavy atom. The highest BCUT2D eigenvalue weighted by Gasteiger charge is 2.15. The van der Waals surface area contributed by atoms with E-state index in [1.54, 1.807) is 30.5 Å². The molecule has 2 aromatic carbocycles. The molecule has 0 fully saturated rings. The zero-order valence-electron chi connectivity index (χ0n) is 14.2. The Morgan fingerprint density at radius 1 is 1.32 bits per heavy atom. The molecule has 0 radical (unpaired) electrons. The van der Waals surface area contributed by atoms with Crippen LogP contribution in [0.2, 0.25) is 5.02 Å². The first-order chi connectivity index (χ1) is 13.5. The Bertz CT molecular complexity index is 1090. The summed E-state index contributed by atoms with van der Waals surface area (Å²) < 4.78 is 6.95. The molecule has 28 heavy (non-hydrogen) atoms. The first-order valence-electron chi connectivity index (χ1n) is 7.88. The van der Waals surface area contributed by atoms with Crippen LogP contribution in [0, 0.1) is 21.4 Å². The first-order valence-corrected chi connectivity index (χ1v) is 8.26. The second-order valence-electron chi connectivity index (χ2n) is 5.52. The fourth-order valence-electron chi connectivity index (χ4n) is 2.29. The van der Waals surface area contributed by atoms with Crippen molar-refractivity contribution in [2.24, 2.45) is 0 Å². The maximum Gasteiger partial charge on any atom is 0.276 e. The number of hydrogen-bond acceptors (Lipinski definition) is 6. The molecule has 0 unspecified atom stereocenters. The predicted octanol–water partition coefficient (Wildman–Crippen LogP) is 3.61. The van der Waals surface area contributed by atoms with Crippen molar-refractivity contribution in [3.8, 4) is 11.8 Å². The summed E-state index contributed by atoms with van der Waals surface area (Å²) in [5.74, 6) is -0.00889. The van der Waals surface area contributed by atoms with Crippen molar-refractivity contribution in [1.29, 1.82) is 5.26 Å². The van der Waals surface area contributed by atoms with Crippen LogP contribution < -0.4 is 10.1 Å². The van der Waals surface area contributed by atoms with Crippen molar-refractivity contribution >= 4 is 28.9 Å². The fourth-order valence-corrected chi connectivity index (χ4v) is 2.47. The predicted molar refractivity (Wildman–Crippen MR) is 100 cm³/mol. The molecule has 1 heterocycles. The summed E-state index contributed by atoms with van der Waals surface area (Å²) in [7, 11) is 0. The molecule has 3 rings (SSSR count). The zero-order chi connectivity index (χ0) is 20.1. The average molecular weight is 398 g/mol. The minimum absolute atomic E-state index is 0.0220. The van der Waals surface area contributed by atoms with Crippen LogP contribution >= 0.6 is 11.6 Å². The molecule has 1 N–H and O–H groups in total. The lowest BCUT2D eigenvalue weighted by atomic mass is 10.1. The van der Waals surface area contributed by atoms with Gasteiger partial charge in [0.25, 0.3) is 11.6 Å². The van der Waals surface area contributed by atoms with Gasteiger partial charge in [-0.1, -0.05) is 17.7 Å². The molecule has 0 saturated carbocycles. The van der Waals surface area contributed by atoms with E-state index in [0.717, 1.165) is 6.07 Å². The van der Waals surface area contributed by atoms with E-state index in [0.29, 0.717) is 10.8 Å². The molecule has 0 atom stereocenters. The molecular weight excluding hydrogens is 386 g/mol. The number of carbonyl (C=O) groups is 1. The summed E-state index contributed by atoms with van der Waals surface area (Å²) in [5.41, 5.74) is -0.0111. The minimum Gasteiger partial charge on any atom is -0.471 e. The summed E-state index contributed by atoms with van der Waals surface area (Å²) in [4.78, 5) is 22.5. The number of anilines is 1. The third-order valence-electron chi connectivity index (χ3n) is 3.62. The number of carbonyl (C=O) groups excluding carboxylic acids is 1. The number of nitro benzene ring substituents is 1. The van der Waals surface area contributed by atoms with Crippen molar-refractivity contribution in [1.82, 2.24) is 9.78 Å². The number of ether oxygens (including phenoxy) is 1. The Hall–Kier alpha value is -3.90. The minimum atomic E-state index is -0.617. The summed E-state index contributed by atoms with van der Waals surface area (Å²) in [6.45, 7) is 0.0641. The van der Waals surface area contributed by atoms with Gasteiger partial charge in [-0.25, -0.2) is 4.68 Å². The summed E-state index contributed by atoms with van der Waals surface area (Å²) in [6.07, 6.45) is 1.56. The van der Waals surface area contributed by atoms with Gasteiger partial charge in [0.15, 0.2) is 12.4 Å². The van der Waals surface area contributed by atoms with E-state index >= 15 is 0 Å². The molecule has 0 bridgehead atoms. The summed E-state index contributed by atoms with van der Waals surface area (Å²) >= 11 is 5.89. The highest BCUT2D eigenvalue weighted by Crippen LogP contribution is 2.22. The number of nitro groups is 1. The third kappa shape index (κ3) is 4.44. The molecule has 3 aromatic rings. The van der Waals surface area contributed by atoms with Gasteiger partial charge in [0, 0.05) is 23.4 Å². The molecule has 10 heteroatoms. The molecule has 0 aliphatic rings. The Balaban J connectivity index is 1.67. The number of nitrogens with one attached hydrogen (secondary N) is 1. The zero-order valence-corrected chi connectivity index (χ0v) is 15.0. The highest BCUT2D eigenvalue weighted by atomic mass is 35.5. The number of nitriles is 1. The molecule has 140 valence electrons. The first kappa shape index (κ1) is 18.9. The number of amides is 1. The van der Waals surface area contributed by atoms with Crippen LogP contribution in [-0.4, -0.2) is 20.6 Å². The van der Waals surface area contributed by atoms with E-state index in [-0.39, 0.29) is 29.4 Å². The van der Waals surface area contributed by atoms with Gasteiger partial charge in [-0.05, 0) is 30.3 Å². The number of hydrogen-bond donors (Lipinski definition) is 1. The Morgan fingerprint density at radius 2 is 2.14 bits per heavy atom. The van der Waals surface area contributed by atoms with Crippen molar-refractivity contribution in [2.45, 2.75) is 6.73 Å². The van der Waals surface area contributed by atoms with Gasteiger partial charge in [-0.3, -0.25) is 14.9 Å². The molecule has 1 amide bonds. The van der Waals surface area contributed by atoms with Gasteiger partial charge < -0.3 is 10.1 Å². The van der Waals surface area contributed by atoms with E-state index in [4.69, 9.17) is 21.6 Å². The van der Waals surface area contributed by atoms with Crippen LogP contribution in [0.4, 0.5) is 11.4 Å². The number of non-ortho nitro benzene ring substituents is 1. The van der Waals surface area contributed by atoms with E-state index in [9.17, 15) is 14.9 Å². The molecule has 0 saturated heterocycles. The lowest BCUT2D eigenvalue weighted by Crippen LogP contribution is -2.15. The van der Waals surface area contributed by atoms with Gasteiger partial charge in [0.1, 0.15) is 11.8 Å². The number of rotatable bonds is 6. The van der Waals surface area contributed by atoms with E-state index in [1.165, 1.54) is 22.9 Å². The smallest absolute Gasteiger partial charge is 0.276 e. The maximum atomic E-state index is 12.3. The van der Waals surface area contributed by atoms with Gasteiger partial charge in [-0.2, -0.15) is 10.4 Å². The quantitative estimate of drug-likeness (QED) is 0.500. The lowest BCUT2D eigenvalue weighted by Gasteiger charge is -2.07. The normalized spacial score (nSPS) is 10.1. The van der Waals surface area contributed by atoms with Gasteiger partial charge in [-0.15, -0.1) is 0 Å². The van der Waals surface area contributed by atoms with E-state index < -0.39 is 10.8 Å². The molecule has 0 spiro atoms. The number of halogens is 1. The summed E-state index contributed by atoms with van der Waals surface area (Å²) in [5, 5.41) is 27.1. The van der Waals surface area contributed by atoms with Crippen LogP contribution in [0.1, 0.15) is 16.1 Å². The monoisotopic (exact) mass is 397 g/mol. The molecule has 9 nitrogen and oxygen atoms in total. The lowest BCUT2D eigenvalue weighted by molar-refractivity contribution is -0.384.